The molecule has 0 radical (unpaired) electrons. The normalized spacial score (nSPS) is 10.5. The zero-order valence-corrected chi connectivity index (χ0v) is 14.7. The summed E-state index contributed by atoms with van der Waals surface area (Å²) >= 11 is 0. The first-order valence-electron chi connectivity index (χ1n) is 7.91. The number of rotatable bonds is 6. The summed E-state index contributed by atoms with van der Waals surface area (Å²) < 4.78 is 5.09. The van der Waals surface area contributed by atoms with Crippen LogP contribution in [-0.4, -0.2) is 37.4 Å². The molecule has 0 aliphatic heterocycles. The second-order valence-corrected chi connectivity index (χ2v) is 5.71. The van der Waals surface area contributed by atoms with E-state index >= 15 is 0 Å². The number of amides is 2. The van der Waals surface area contributed by atoms with Gasteiger partial charge in [0.1, 0.15) is 5.75 Å². The first-order valence-corrected chi connectivity index (χ1v) is 7.91. The van der Waals surface area contributed by atoms with Gasteiger partial charge in [-0.05, 0) is 42.8 Å². The summed E-state index contributed by atoms with van der Waals surface area (Å²) in [7, 11) is 3.19. The van der Waals surface area contributed by atoms with Crippen molar-refractivity contribution in [2.24, 2.45) is 0 Å². The maximum absolute atomic E-state index is 12.1. The van der Waals surface area contributed by atoms with Crippen LogP contribution in [-0.2, 0) is 9.59 Å². The molecule has 0 spiro atoms. The van der Waals surface area contributed by atoms with Crippen LogP contribution in [0.5, 0.6) is 5.75 Å². The van der Waals surface area contributed by atoms with Gasteiger partial charge in [-0.1, -0.05) is 29.8 Å². The molecule has 0 saturated heterocycles. The topological polar surface area (TPSA) is 58.6 Å². The van der Waals surface area contributed by atoms with Crippen LogP contribution in [0.3, 0.4) is 0 Å². The number of benzene rings is 2. The summed E-state index contributed by atoms with van der Waals surface area (Å²) in [5.74, 6) is 0.279. The highest BCUT2D eigenvalue weighted by molar-refractivity contribution is 5.97. The van der Waals surface area contributed by atoms with Crippen LogP contribution < -0.4 is 10.1 Å². The van der Waals surface area contributed by atoms with Gasteiger partial charge in [0.15, 0.2) is 0 Å². The van der Waals surface area contributed by atoms with Crippen LogP contribution in [0.25, 0.3) is 6.08 Å². The Kier molecular flexibility index (Phi) is 6.34. The lowest BCUT2D eigenvalue weighted by Gasteiger charge is -2.15. The molecule has 0 aliphatic rings. The van der Waals surface area contributed by atoms with Gasteiger partial charge in [-0.2, -0.15) is 0 Å². The molecule has 0 heterocycles. The molecule has 2 rings (SSSR count). The number of aryl methyl sites for hydroxylation is 1. The van der Waals surface area contributed by atoms with E-state index in [0.717, 1.165) is 16.9 Å². The number of hydrogen-bond acceptors (Lipinski definition) is 3. The third-order valence-electron chi connectivity index (χ3n) is 3.63. The van der Waals surface area contributed by atoms with E-state index in [-0.39, 0.29) is 18.4 Å². The summed E-state index contributed by atoms with van der Waals surface area (Å²) in [5, 5.41) is 2.77. The zero-order valence-electron chi connectivity index (χ0n) is 14.7. The fraction of sp³-hybridized carbons (Fsp3) is 0.200. The van der Waals surface area contributed by atoms with Gasteiger partial charge in [0.05, 0.1) is 13.7 Å². The lowest BCUT2D eigenvalue weighted by atomic mass is 10.2. The van der Waals surface area contributed by atoms with Gasteiger partial charge in [-0.15, -0.1) is 0 Å². The van der Waals surface area contributed by atoms with Crippen LogP contribution in [0.1, 0.15) is 11.1 Å². The van der Waals surface area contributed by atoms with Crippen molar-refractivity contribution in [1.82, 2.24) is 4.90 Å². The minimum Gasteiger partial charge on any atom is -0.497 e. The summed E-state index contributed by atoms with van der Waals surface area (Å²) in [6.45, 7) is 1.97. The molecule has 0 bridgehead atoms. The van der Waals surface area contributed by atoms with Crippen molar-refractivity contribution in [3.05, 3.63) is 65.7 Å². The second kappa shape index (κ2) is 8.68. The number of carbonyl (C=O) groups excluding carboxylic acids is 2. The Morgan fingerprint density at radius 3 is 2.32 bits per heavy atom. The Bertz CT molecular complexity index is 750. The third kappa shape index (κ3) is 5.80. The Balaban J connectivity index is 1.87. The van der Waals surface area contributed by atoms with E-state index in [9.17, 15) is 9.59 Å². The van der Waals surface area contributed by atoms with Crippen molar-refractivity contribution in [3.63, 3.8) is 0 Å². The van der Waals surface area contributed by atoms with Crippen molar-refractivity contribution in [3.8, 4) is 5.75 Å². The Morgan fingerprint density at radius 2 is 1.72 bits per heavy atom. The minimum atomic E-state index is -0.241. The van der Waals surface area contributed by atoms with E-state index in [1.807, 2.05) is 55.5 Å². The van der Waals surface area contributed by atoms with Gasteiger partial charge in [-0.3, -0.25) is 9.59 Å². The molecule has 0 unspecified atom stereocenters. The van der Waals surface area contributed by atoms with Crippen molar-refractivity contribution in [2.75, 3.05) is 26.0 Å². The molecular weight excluding hydrogens is 316 g/mol. The number of nitrogens with zero attached hydrogens (tertiary/aromatic N) is 1. The van der Waals surface area contributed by atoms with Crippen LogP contribution >= 0.6 is 0 Å². The lowest BCUT2D eigenvalue weighted by molar-refractivity contribution is -0.129. The zero-order chi connectivity index (χ0) is 18.2. The molecule has 25 heavy (non-hydrogen) atoms. The smallest absolute Gasteiger partial charge is 0.246 e. The van der Waals surface area contributed by atoms with Gasteiger partial charge in [0.25, 0.3) is 0 Å². The average Bonchev–Trinajstić information content (AvgIpc) is 2.62. The highest BCUT2D eigenvalue weighted by Gasteiger charge is 2.10. The quantitative estimate of drug-likeness (QED) is 0.823. The summed E-state index contributed by atoms with van der Waals surface area (Å²) in [6.07, 6.45) is 3.15. The van der Waals surface area contributed by atoms with Crippen molar-refractivity contribution in [1.29, 1.82) is 0 Å². The highest BCUT2D eigenvalue weighted by Crippen LogP contribution is 2.12. The molecule has 2 aromatic rings. The SMILES string of the molecule is COc1ccc(C=CC(=O)N(C)CC(=O)Nc2ccc(C)cc2)cc1. The van der Waals surface area contributed by atoms with Gasteiger partial charge < -0.3 is 15.0 Å². The van der Waals surface area contributed by atoms with Crippen molar-refractivity contribution in [2.45, 2.75) is 6.92 Å². The van der Waals surface area contributed by atoms with Crippen LogP contribution in [0.15, 0.2) is 54.6 Å². The molecular formula is C20H22N2O3. The average molecular weight is 338 g/mol. The molecule has 130 valence electrons. The molecule has 5 nitrogen and oxygen atoms in total. The van der Waals surface area contributed by atoms with E-state index in [1.54, 1.807) is 20.2 Å². The molecule has 1 N–H and O–H groups in total. The summed E-state index contributed by atoms with van der Waals surface area (Å²) in [6, 6.07) is 14.9. The molecule has 0 saturated carbocycles. The minimum absolute atomic E-state index is 0.0142. The standard InChI is InChI=1S/C20H22N2O3/c1-15-4-9-17(10-5-15)21-19(23)14-22(2)20(24)13-8-16-6-11-18(25-3)12-7-16/h4-13H,14H2,1-3H3,(H,21,23). The van der Waals surface area contributed by atoms with Crippen LogP contribution in [0.4, 0.5) is 5.69 Å². The van der Waals surface area contributed by atoms with E-state index in [4.69, 9.17) is 4.74 Å². The van der Waals surface area contributed by atoms with E-state index < -0.39 is 0 Å². The maximum Gasteiger partial charge on any atom is 0.246 e. The Hall–Kier alpha value is -3.08. The molecule has 0 atom stereocenters. The van der Waals surface area contributed by atoms with Gasteiger partial charge in [0.2, 0.25) is 11.8 Å². The highest BCUT2D eigenvalue weighted by atomic mass is 16.5. The molecule has 0 fully saturated rings. The summed E-state index contributed by atoms with van der Waals surface area (Å²) in [4.78, 5) is 25.5. The fourth-order valence-corrected chi connectivity index (χ4v) is 2.14. The van der Waals surface area contributed by atoms with Crippen LogP contribution in [0.2, 0.25) is 0 Å². The molecule has 2 amide bonds. The number of hydrogen-bond donors (Lipinski definition) is 1. The number of anilines is 1. The fourth-order valence-electron chi connectivity index (χ4n) is 2.14. The first kappa shape index (κ1) is 18.3. The third-order valence-corrected chi connectivity index (χ3v) is 3.63. The monoisotopic (exact) mass is 338 g/mol. The van der Waals surface area contributed by atoms with Crippen molar-refractivity contribution < 1.29 is 14.3 Å². The number of ether oxygens (including phenoxy) is 1. The molecule has 5 heteroatoms. The van der Waals surface area contributed by atoms with Gasteiger partial charge in [-0.25, -0.2) is 0 Å². The number of carbonyl (C=O) groups is 2. The Labute approximate surface area is 147 Å². The maximum atomic E-state index is 12.1. The number of methoxy groups -OCH3 is 1. The largest absolute Gasteiger partial charge is 0.497 e. The molecule has 0 aromatic heterocycles. The van der Waals surface area contributed by atoms with Gasteiger partial charge >= 0.3 is 0 Å². The van der Waals surface area contributed by atoms with E-state index in [1.165, 1.54) is 11.0 Å². The molecule has 2 aromatic carbocycles. The van der Waals surface area contributed by atoms with Crippen molar-refractivity contribution >= 4 is 23.6 Å². The van der Waals surface area contributed by atoms with Gasteiger partial charge in [0, 0.05) is 18.8 Å². The summed E-state index contributed by atoms with van der Waals surface area (Å²) in [5.41, 5.74) is 2.71. The Morgan fingerprint density at radius 1 is 1.08 bits per heavy atom. The molecule has 0 aliphatic carbocycles. The lowest BCUT2D eigenvalue weighted by Crippen LogP contribution is -2.33. The van der Waals surface area contributed by atoms with Crippen LogP contribution in [0, 0.1) is 6.92 Å². The van der Waals surface area contributed by atoms with E-state index in [0.29, 0.717) is 5.69 Å². The predicted molar refractivity (Wildman–Crippen MR) is 99.5 cm³/mol. The van der Waals surface area contributed by atoms with E-state index in [2.05, 4.69) is 5.32 Å². The number of likely N-dealkylation sites (N-methyl/N-ethyl adjacent to an activating group) is 1. The predicted octanol–water partition coefficient (Wildman–Crippen LogP) is 3.11. The second-order valence-electron chi connectivity index (χ2n) is 5.71. The first-order chi connectivity index (χ1) is 12.0. The number of nitrogens with one attached hydrogen (secondary N) is 1.